The molecule has 0 aliphatic heterocycles. The van der Waals surface area contributed by atoms with Gasteiger partial charge >= 0.3 is 0 Å². The van der Waals surface area contributed by atoms with Gasteiger partial charge in [0.15, 0.2) is 0 Å². The van der Waals surface area contributed by atoms with Crippen molar-refractivity contribution in [1.29, 1.82) is 0 Å². The van der Waals surface area contributed by atoms with Crippen LogP contribution in [-0.2, 0) is 6.42 Å². The molecule has 0 radical (unpaired) electrons. The highest BCUT2D eigenvalue weighted by Gasteiger charge is 2.14. The van der Waals surface area contributed by atoms with E-state index in [9.17, 15) is 0 Å². The maximum atomic E-state index is 2.23. The molecule has 0 N–H and O–H groups in total. The summed E-state index contributed by atoms with van der Waals surface area (Å²) in [4.78, 5) is 0. The van der Waals surface area contributed by atoms with Crippen LogP contribution < -0.4 is 15.9 Å². The highest BCUT2D eigenvalue weighted by molar-refractivity contribution is 7.79. The van der Waals surface area contributed by atoms with Crippen molar-refractivity contribution in [3.8, 4) is 0 Å². The largest absolute Gasteiger partial charge is 0.0795 e. The van der Waals surface area contributed by atoms with Crippen LogP contribution >= 0.6 is 7.92 Å². The van der Waals surface area contributed by atoms with Crippen LogP contribution in [0.1, 0.15) is 11.1 Å². The average molecular weight is 378 g/mol. The van der Waals surface area contributed by atoms with Crippen LogP contribution in [0.4, 0.5) is 0 Å². The lowest BCUT2D eigenvalue weighted by molar-refractivity contribution is 1.31. The zero-order valence-electron chi connectivity index (χ0n) is 15.8. The molecule has 1 aliphatic carbocycles. The zero-order valence-corrected chi connectivity index (χ0v) is 16.7. The molecule has 0 amide bonds. The van der Waals surface area contributed by atoms with E-state index in [4.69, 9.17) is 0 Å². The predicted molar refractivity (Wildman–Crippen MR) is 124 cm³/mol. The van der Waals surface area contributed by atoms with E-state index in [0.717, 1.165) is 6.42 Å². The van der Waals surface area contributed by atoms with Crippen LogP contribution in [0.5, 0.6) is 0 Å². The summed E-state index contributed by atoms with van der Waals surface area (Å²) >= 11 is 0. The van der Waals surface area contributed by atoms with Gasteiger partial charge in [-0.15, -0.1) is 0 Å². The molecule has 0 unspecified atom stereocenters. The molecule has 1 heteroatoms. The van der Waals surface area contributed by atoms with Gasteiger partial charge in [-0.1, -0.05) is 127 Å². The summed E-state index contributed by atoms with van der Waals surface area (Å²) < 4.78 is 0. The summed E-state index contributed by atoms with van der Waals surface area (Å²) in [5.41, 5.74) is 2.84. The molecule has 5 rings (SSSR count). The van der Waals surface area contributed by atoms with E-state index in [1.165, 1.54) is 27.0 Å². The van der Waals surface area contributed by atoms with Crippen molar-refractivity contribution in [1.82, 2.24) is 0 Å². The van der Waals surface area contributed by atoms with Crippen LogP contribution in [0.2, 0.25) is 0 Å². The molecule has 4 aromatic carbocycles. The average Bonchev–Trinajstić information content (AvgIpc) is 3.26. The number of rotatable bonds is 3. The van der Waals surface area contributed by atoms with Gasteiger partial charge in [-0.05, 0) is 41.4 Å². The lowest BCUT2D eigenvalue weighted by Gasteiger charge is -2.18. The van der Waals surface area contributed by atoms with Crippen molar-refractivity contribution in [3.63, 3.8) is 0 Å². The Labute approximate surface area is 169 Å². The van der Waals surface area contributed by atoms with Crippen molar-refractivity contribution in [2.24, 2.45) is 0 Å². The molecule has 0 aromatic heterocycles. The third-order valence-corrected chi connectivity index (χ3v) is 7.18. The van der Waals surface area contributed by atoms with Crippen molar-refractivity contribution in [3.05, 3.63) is 132 Å². The quantitative estimate of drug-likeness (QED) is 0.401. The number of hydrogen-bond donors (Lipinski definition) is 0. The minimum atomic E-state index is -0.446. The highest BCUT2D eigenvalue weighted by atomic mass is 31.1. The molecular formula is C27H23P. The Bertz CT molecular complexity index is 927. The topological polar surface area (TPSA) is 0 Å². The van der Waals surface area contributed by atoms with Gasteiger partial charge in [0.25, 0.3) is 0 Å². The molecule has 0 heterocycles. The molecule has 0 saturated carbocycles. The number of hydrogen-bond acceptors (Lipinski definition) is 0. The fourth-order valence-electron chi connectivity index (χ4n) is 3.37. The van der Waals surface area contributed by atoms with Gasteiger partial charge in [0, 0.05) is 0 Å². The molecule has 28 heavy (non-hydrogen) atoms. The second-order valence-corrected chi connectivity index (χ2v) is 8.87. The smallest absolute Gasteiger partial charge is 0.00882 e. The van der Waals surface area contributed by atoms with Crippen LogP contribution in [0.15, 0.2) is 121 Å². The van der Waals surface area contributed by atoms with Crippen LogP contribution in [0.25, 0.3) is 6.08 Å². The standard InChI is InChI=1S/C18H15P.C9H8/c1-4-10-16(11-5-1)19(17-12-6-2-7-13-17)18-14-8-3-9-15-18;1-2-5-9-7-3-6-8(9)4-1/h1-15H;1-6H,7H2. The monoisotopic (exact) mass is 378 g/mol. The maximum absolute atomic E-state index is 2.23. The van der Waals surface area contributed by atoms with E-state index < -0.39 is 7.92 Å². The summed E-state index contributed by atoms with van der Waals surface area (Å²) in [7, 11) is -0.446. The molecule has 1 aliphatic rings. The van der Waals surface area contributed by atoms with Crippen LogP contribution in [-0.4, -0.2) is 0 Å². The molecule has 0 nitrogen and oxygen atoms in total. The summed E-state index contributed by atoms with van der Waals surface area (Å²) in [6.45, 7) is 0. The second-order valence-electron chi connectivity index (χ2n) is 6.65. The minimum Gasteiger partial charge on any atom is -0.0795 e. The summed E-state index contributed by atoms with van der Waals surface area (Å²) in [5.74, 6) is 0. The third-order valence-electron chi connectivity index (χ3n) is 4.73. The summed E-state index contributed by atoms with van der Waals surface area (Å²) in [5, 5.41) is 4.19. The van der Waals surface area contributed by atoms with E-state index in [0.29, 0.717) is 0 Å². The third kappa shape index (κ3) is 4.47. The van der Waals surface area contributed by atoms with Gasteiger partial charge in [-0.2, -0.15) is 0 Å². The maximum Gasteiger partial charge on any atom is -0.00882 e. The van der Waals surface area contributed by atoms with Crippen molar-refractivity contribution < 1.29 is 0 Å². The Balaban J connectivity index is 0.000000177. The Hall–Kier alpha value is -2.95. The van der Waals surface area contributed by atoms with Crippen LogP contribution in [0, 0.1) is 0 Å². The normalized spacial score (nSPS) is 11.6. The number of benzene rings is 4. The molecule has 0 atom stereocenters. The highest BCUT2D eigenvalue weighted by Crippen LogP contribution is 2.32. The summed E-state index contributed by atoms with van der Waals surface area (Å²) in [6.07, 6.45) is 5.50. The molecule has 4 aromatic rings. The SMILES string of the molecule is C1=Cc2ccccc2C1.c1ccc(P(c2ccccc2)c2ccccc2)cc1. The molecular weight excluding hydrogens is 355 g/mol. The molecule has 0 saturated heterocycles. The Morgan fingerprint density at radius 1 is 0.464 bits per heavy atom. The Morgan fingerprint density at radius 2 is 0.893 bits per heavy atom. The minimum absolute atomic E-state index is 0.446. The van der Waals surface area contributed by atoms with Gasteiger partial charge in [0.2, 0.25) is 0 Å². The predicted octanol–water partition coefficient (Wildman–Crippen LogP) is 5.70. The molecule has 136 valence electrons. The van der Waals surface area contributed by atoms with Crippen molar-refractivity contribution in [2.45, 2.75) is 6.42 Å². The van der Waals surface area contributed by atoms with Gasteiger partial charge in [0.05, 0.1) is 0 Å². The van der Waals surface area contributed by atoms with E-state index in [1.807, 2.05) is 0 Å². The van der Waals surface area contributed by atoms with Gasteiger partial charge < -0.3 is 0 Å². The first-order valence-electron chi connectivity index (χ1n) is 9.61. The van der Waals surface area contributed by atoms with E-state index in [-0.39, 0.29) is 0 Å². The molecule has 0 fully saturated rings. The first-order valence-corrected chi connectivity index (χ1v) is 11.0. The van der Waals surface area contributed by atoms with E-state index in [1.54, 1.807) is 0 Å². The first-order chi connectivity index (χ1) is 13.9. The second kappa shape index (κ2) is 9.31. The Morgan fingerprint density at radius 3 is 1.36 bits per heavy atom. The Kier molecular flexibility index (Phi) is 6.12. The fraction of sp³-hybridized carbons (Fsp3) is 0.0370. The van der Waals surface area contributed by atoms with Crippen molar-refractivity contribution in [2.75, 3.05) is 0 Å². The number of fused-ring (bicyclic) bond motifs is 1. The van der Waals surface area contributed by atoms with E-state index >= 15 is 0 Å². The first kappa shape index (κ1) is 18.4. The van der Waals surface area contributed by atoms with Crippen LogP contribution in [0.3, 0.4) is 0 Å². The molecule has 0 bridgehead atoms. The number of allylic oxidation sites excluding steroid dienone is 1. The molecule has 0 spiro atoms. The van der Waals surface area contributed by atoms with E-state index in [2.05, 4.69) is 127 Å². The van der Waals surface area contributed by atoms with Gasteiger partial charge in [-0.3, -0.25) is 0 Å². The fourth-order valence-corrected chi connectivity index (χ4v) is 5.68. The lowest BCUT2D eigenvalue weighted by atomic mass is 10.1. The van der Waals surface area contributed by atoms with Crippen molar-refractivity contribution >= 4 is 29.9 Å². The van der Waals surface area contributed by atoms with Gasteiger partial charge in [0.1, 0.15) is 0 Å². The summed E-state index contributed by atoms with van der Waals surface area (Å²) in [6, 6.07) is 40.8. The lowest BCUT2D eigenvalue weighted by Crippen LogP contribution is -2.20. The zero-order chi connectivity index (χ0) is 19.0. The van der Waals surface area contributed by atoms with Gasteiger partial charge in [-0.25, -0.2) is 0 Å².